The summed E-state index contributed by atoms with van der Waals surface area (Å²) in [6, 6.07) is 10.5. The van der Waals surface area contributed by atoms with Crippen molar-refractivity contribution in [1.29, 1.82) is 0 Å². The van der Waals surface area contributed by atoms with E-state index in [1.165, 1.54) is 16.2 Å². The number of aromatic nitrogens is 3. The number of hydrogen-bond acceptors (Lipinski definition) is 6. The van der Waals surface area contributed by atoms with E-state index >= 15 is 0 Å². The third-order valence-corrected chi connectivity index (χ3v) is 7.51. The van der Waals surface area contributed by atoms with E-state index in [9.17, 15) is 8.42 Å². The highest BCUT2D eigenvalue weighted by atomic mass is 79.9. The summed E-state index contributed by atoms with van der Waals surface area (Å²) in [6.45, 7) is 0.532. The summed E-state index contributed by atoms with van der Waals surface area (Å²) < 4.78 is 28.5. The van der Waals surface area contributed by atoms with Gasteiger partial charge in [0.25, 0.3) is 10.0 Å². The molecule has 0 atom stereocenters. The molecule has 10 heteroatoms. The first kappa shape index (κ1) is 20.8. The zero-order chi connectivity index (χ0) is 21.3. The van der Waals surface area contributed by atoms with Crippen LogP contribution in [0.2, 0.25) is 5.15 Å². The van der Waals surface area contributed by atoms with Crippen LogP contribution in [-0.2, 0) is 16.6 Å². The van der Waals surface area contributed by atoms with Crippen LogP contribution in [0.1, 0.15) is 5.56 Å². The minimum absolute atomic E-state index is 0.125. The fourth-order valence-electron chi connectivity index (χ4n) is 3.16. The Morgan fingerprint density at radius 2 is 2.03 bits per heavy atom. The summed E-state index contributed by atoms with van der Waals surface area (Å²) in [5.41, 5.74) is 2.87. The Morgan fingerprint density at radius 3 is 2.77 bits per heavy atom. The Balaban J connectivity index is 1.86. The van der Waals surface area contributed by atoms with Gasteiger partial charge < -0.3 is 10.6 Å². The second kappa shape index (κ2) is 8.35. The van der Waals surface area contributed by atoms with E-state index < -0.39 is 10.0 Å². The maximum absolute atomic E-state index is 13.3. The van der Waals surface area contributed by atoms with E-state index in [-0.39, 0.29) is 4.90 Å². The molecule has 0 aliphatic carbocycles. The summed E-state index contributed by atoms with van der Waals surface area (Å²) in [4.78, 5) is 8.09. The van der Waals surface area contributed by atoms with Gasteiger partial charge in [0.1, 0.15) is 10.0 Å². The van der Waals surface area contributed by atoms with E-state index in [4.69, 9.17) is 11.6 Å². The SMILES string of the molecule is CNCc1cn(S(=O)(=O)c2cccnc2)c2cc(Nc3ccnc(Cl)c3Br)ccc12. The highest BCUT2D eigenvalue weighted by Crippen LogP contribution is 2.33. The first-order valence-corrected chi connectivity index (χ1v) is 11.5. The molecular weight excluding hydrogens is 490 g/mol. The molecule has 2 N–H and O–H groups in total. The zero-order valence-electron chi connectivity index (χ0n) is 15.8. The Hall–Kier alpha value is -2.46. The lowest BCUT2D eigenvalue weighted by Crippen LogP contribution is -2.12. The predicted molar refractivity (Wildman–Crippen MR) is 122 cm³/mol. The van der Waals surface area contributed by atoms with Crippen LogP contribution in [0.3, 0.4) is 0 Å². The average molecular weight is 507 g/mol. The molecule has 0 amide bonds. The molecule has 0 radical (unpaired) electrons. The standard InChI is InChI=1S/C20H17BrClN5O2S/c1-23-10-13-12-27(30(28,29)15-3-2-7-24-11-15)18-9-14(4-5-16(13)18)26-17-6-8-25-20(22)19(17)21/h2-9,11-12,23H,10H2,1H3,(H,25,26). The van der Waals surface area contributed by atoms with E-state index in [1.807, 2.05) is 19.2 Å². The van der Waals surface area contributed by atoms with Gasteiger partial charge in [0.05, 0.1) is 15.7 Å². The average Bonchev–Trinajstić information content (AvgIpc) is 3.11. The Labute approximate surface area is 187 Å². The lowest BCUT2D eigenvalue weighted by Gasteiger charge is -2.11. The lowest BCUT2D eigenvalue weighted by atomic mass is 10.1. The summed E-state index contributed by atoms with van der Waals surface area (Å²) in [5, 5.41) is 7.52. The van der Waals surface area contributed by atoms with Crippen molar-refractivity contribution in [3.05, 3.63) is 76.4 Å². The summed E-state index contributed by atoms with van der Waals surface area (Å²) in [6.07, 6.45) is 6.12. The highest BCUT2D eigenvalue weighted by Gasteiger charge is 2.21. The molecule has 0 unspecified atom stereocenters. The van der Waals surface area contributed by atoms with Crippen molar-refractivity contribution < 1.29 is 8.42 Å². The minimum Gasteiger partial charge on any atom is -0.354 e. The first-order chi connectivity index (χ1) is 14.4. The summed E-state index contributed by atoms with van der Waals surface area (Å²) in [7, 11) is -1.99. The van der Waals surface area contributed by atoms with Crippen LogP contribution in [0, 0.1) is 0 Å². The molecule has 0 aliphatic heterocycles. The van der Waals surface area contributed by atoms with E-state index in [0.717, 1.165) is 16.6 Å². The molecule has 30 heavy (non-hydrogen) atoms. The Kier molecular flexibility index (Phi) is 5.79. The third kappa shape index (κ3) is 3.81. The van der Waals surface area contributed by atoms with Crippen molar-refractivity contribution in [2.75, 3.05) is 12.4 Å². The van der Waals surface area contributed by atoms with Gasteiger partial charge >= 0.3 is 0 Å². The van der Waals surface area contributed by atoms with Gasteiger partial charge in [0, 0.05) is 42.4 Å². The molecule has 4 aromatic rings. The van der Waals surface area contributed by atoms with Crippen LogP contribution in [0.15, 0.2) is 70.6 Å². The molecule has 1 aromatic carbocycles. The van der Waals surface area contributed by atoms with Crippen molar-refractivity contribution in [3.8, 4) is 0 Å². The molecule has 4 rings (SSSR count). The molecule has 0 aliphatic rings. The number of rotatable bonds is 6. The van der Waals surface area contributed by atoms with Crippen LogP contribution < -0.4 is 10.6 Å². The second-order valence-electron chi connectivity index (χ2n) is 6.49. The Bertz CT molecular complexity index is 1330. The molecule has 3 heterocycles. The van der Waals surface area contributed by atoms with Crippen molar-refractivity contribution in [2.45, 2.75) is 11.4 Å². The molecule has 0 fully saturated rings. The first-order valence-electron chi connectivity index (χ1n) is 8.93. The van der Waals surface area contributed by atoms with E-state index in [2.05, 4.69) is 36.5 Å². The monoisotopic (exact) mass is 505 g/mol. The van der Waals surface area contributed by atoms with Gasteiger partial charge in [-0.2, -0.15) is 0 Å². The molecule has 0 spiro atoms. The quantitative estimate of drug-likeness (QED) is 0.373. The number of hydrogen-bond donors (Lipinski definition) is 2. The van der Waals surface area contributed by atoms with Crippen molar-refractivity contribution >= 4 is 59.8 Å². The van der Waals surface area contributed by atoms with Gasteiger partial charge in [-0.3, -0.25) is 4.98 Å². The fraction of sp³-hybridized carbons (Fsp3) is 0.100. The van der Waals surface area contributed by atoms with Gasteiger partial charge in [-0.15, -0.1) is 0 Å². The van der Waals surface area contributed by atoms with Crippen LogP contribution >= 0.6 is 27.5 Å². The molecule has 0 bridgehead atoms. The van der Waals surface area contributed by atoms with Crippen LogP contribution in [0.4, 0.5) is 11.4 Å². The van der Waals surface area contributed by atoms with Crippen LogP contribution in [-0.4, -0.2) is 29.4 Å². The van der Waals surface area contributed by atoms with Gasteiger partial charge in [-0.05, 0) is 58.9 Å². The van der Waals surface area contributed by atoms with E-state index in [1.54, 1.807) is 36.8 Å². The molecule has 7 nitrogen and oxygen atoms in total. The van der Waals surface area contributed by atoms with Crippen molar-refractivity contribution in [2.24, 2.45) is 0 Å². The number of nitrogens with zero attached hydrogens (tertiary/aromatic N) is 3. The molecule has 0 saturated carbocycles. The number of pyridine rings is 2. The van der Waals surface area contributed by atoms with E-state index in [0.29, 0.717) is 27.4 Å². The molecular formula is C20H17BrClN5O2S. The smallest absolute Gasteiger partial charge is 0.269 e. The van der Waals surface area contributed by atoms with Gasteiger partial charge in [0.2, 0.25) is 0 Å². The number of benzene rings is 1. The van der Waals surface area contributed by atoms with Gasteiger partial charge in [-0.25, -0.2) is 17.4 Å². The minimum atomic E-state index is -3.81. The predicted octanol–water partition coefficient (Wildman–Crippen LogP) is 4.55. The fourth-order valence-corrected chi connectivity index (χ4v) is 5.00. The summed E-state index contributed by atoms with van der Waals surface area (Å²) in [5.74, 6) is 0. The van der Waals surface area contributed by atoms with Crippen LogP contribution in [0.5, 0.6) is 0 Å². The molecule has 154 valence electrons. The number of halogens is 2. The Morgan fingerprint density at radius 1 is 1.20 bits per heavy atom. The highest BCUT2D eigenvalue weighted by molar-refractivity contribution is 9.10. The van der Waals surface area contributed by atoms with Crippen molar-refractivity contribution in [3.63, 3.8) is 0 Å². The summed E-state index contributed by atoms with van der Waals surface area (Å²) >= 11 is 9.49. The molecule has 0 saturated heterocycles. The third-order valence-electron chi connectivity index (χ3n) is 4.54. The normalized spacial score (nSPS) is 11.7. The lowest BCUT2D eigenvalue weighted by molar-refractivity contribution is 0.588. The number of fused-ring (bicyclic) bond motifs is 1. The van der Waals surface area contributed by atoms with Crippen LogP contribution in [0.25, 0.3) is 10.9 Å². The van der Waals surface area contributed by atoms with Crippen molar-refractivity contribution in [1.82, 2.24) is 19.3 Å². The van der Waals surface area contributed by atoms with Gasteiger partial charge in [-0.1, -0.05) is 17.7 Å². The molecule has 3 aromatic heterocycles. The number of nitrogens with one attached hydrogen (secondary N) is 2. The van der Waals surface area contributed by atoms with Gasteiger partial charge in [0.15, 0.2) is 0 Å². The number of anilines is 2. The largest absolute Gasteiger partial charge is 0.354 e. The second-order valence-corrected chi connectivity index (χ2v) is 9.46. The zero-order valence-corrected chi connectivity index (χ0v) is 19.0. The maximum Gasteiger partial charge on any atom is 0.269 e. The topological polar surface area (TPSA) is 88.9 Å². The maximum atomic E-state index is 13.3.